The van der Waals surface area contributed by atoms with Gasteiger partial charge < -0.3 is 10.3 Å². The second-order valence-corrected chi connectivity index (χ2v) is 6.60. The zero-order valence-corrected chi connectivity index (χ0v) is 12.9. The summed E-state index contributed by atoms with van der Waals surface area (Å²) in [7, 11) is -2.26. The van der Waals surface area contributed by atoms with Gasteiger partial charge in [-0.25, -0.2) is 8.42 Å². The van der Waals surface area contributed by atoms with Gasteiger partial charge in [-0.3, -0.25) is 9.52 Å². The minimum Gasteiger partial charge on any atom is -0.398 e. The van der Waals surface area contributed by atoms with E-state index < -0.39 is 10.0 Å². The molecule has 3 N–H and O–H groups in total. The standard InChI is InChI=1S/C14H17N3O3S/c1-9-6-12(15)13(7-10(9)2)21(19,20)16-11-4-5-14(18)17(3)8-11/h4-8,16H,15H2,1-3H3. The van der Waals surface area contributed by atoms with E-state index in [9.17, 15) is 13.2 Å². The van der Waals surface area contributed by atoms with Crippen LogP contribution >= 0.6 is 0 Å². The molecule has 0 spiro atoms. The van der Waals surface area contributed by atoms with Crippen molar-refractivity contribution in [2.45, 2.75) is 18.7 Å². The van der Waals surface area contributed by atoms with Crippen LogP contribution in [0.1, 0.15) is 11.1 Å². The Balaban J connectivity index is 2.45. The van der Waals surface area contributed by atoms with Gasteiger partial charge in [-0.1, -0.05) is 0 Å². The number of aryl methyl sites for hydroxylation is 3. The molecule has 0 saturated heterocycles. The molecule has 0 fully saturated rings. The van der Waals surface area contributed by atoms with Crippen molar-refractivity contribution in [3.05, 3.63) is 51.9 Å². The Hall–Kier alpha value is -2.28. The molecule has 0 unspecified atom stereocenters. The topological polar surface area (TPSA) is 94.2 Å². The van der Waals surface area contributed by atoms with E-state index in [1.807, 2.05) is 13.8 Å². The molecule has 0 aliphatic carbocycles. The highest BCUT2D eigenvalue weighted by Crippen LogP contribution is 2.24. The second kappa shape index (κ2) is 5.25. The first kappa shape index (κ1) is 15.1. The lowest BCUT2D eigenvalue weighted by molar-refractivity contribution is 0.601. The van der Waals surface area contributed by atoms with E-state index in [2.05, 4.69) is 4.72 Å². The third kappa shape index (κ3) is 3.08. The number of nitrogens with one attached hydrogen (secondary N) is 1. The molecule has 0 aliphatic rings. The van der Waals surface area contributed by atoms with Crippen molar-refractivity contribution >= 4 is 21.4 Å². The first-order valence-electron chi connectivity index (χ1n) is 6.27. The summed E-state index contributed by atoms with van der Waals surface area (Å²) in [5.74, 6) is 0. The Kier molecular flexibility index (Phi) is 3.78. The number of anilines is 2. The molecule has 21 heavy (non-hydrogen) atoms. The summed E-state index contributed by atoms with van der Waals surface area (Å²) >= 11 is 0. The number of pyridine rings is 1. The molecule has 2 aromatic rings. The molecule has 0 aliphatic heterocycles. The van der Waals surface area contributed by atoms with Gasteiger partial charge in [0.05, 0.1) is 11.4 Å². The third-order valence-electron chi connectivity index (χ3n) is 3.25. The molecule has 1 heterocycles. The number of benzene rings is 1. The monoisotopic (exact) mass is 307 g/mol. The largest absolute Gasteiger partial charge is 0.398 e. The number of nitrogens with zero attached hydrogens (tertiary/aromatic N) is 1. The van der Waals surface area contributed by atoms with E-state index in [1.54, 1.807) is 13.1 Å². The fourth-order valence-electron chi connectivity index (χ4n) is 1.91. The Labute approximate surface area is 123 Å². The molecular weight excluding hydrogens is 290 g/mol. The quantitative estimate of drug-likeness (QED) is 0.838. The molecule has 1 aromatic carbocycles. The summed E-state index contributed by atoms with van der Waals surface area (Å²) in [6, 6.07) is 5.87. The highest BCUT2D eigenvalue weighted by molar-refractivity contribution is 7.92. The first-order valence-corrected chi connectivity index (χ1v) is 7.75. The van der Waals surface area contributed by atoms with E-state index in [-0.39, 0.29) is 16.1 Å². The van der Waals surface area contributed by atoms with Crippen molar-refractivity contribution in [3.8, 4) is 0 Å². The number of hydrogen-bond acceptors (Lipinski definition) is 4. The molecule has 0 saturated carbocycles. The number of rotatable bonds is 3. The Morgan fingerprint density at radius 1 is 1.14 bits per heavy atom. The molecule has 2 rings (SSSR count). The maximum atomic E-state index is 12.4. The van der Waals surface area contributed by atoms with Gasteiger partial charge in [-0.15, -0.1) is 0 Å². The molecule has 0 radical (unpaired) electrons. The minimum absolute atomic E-state index is 0.0273. The Bertz CT molecular complexity index is 854. The van der Waals surface area contributed by atoms with Crippen molar-refractivity contribution in [1.29, 1.82) is 0 Å². The van der Waals surface area contributed by atoms with Gasteiger partial charge in [0.15, 0.2) is 0 Å². The molecule has 1 aromatic heterocycles. The zero-order valence-electron chi connectivity index (χ0n) is 12.0. The maximum absolute atomic E-state index is 12.4. The third-order valence-corrected chi connectivity index (χ3v) is 4.69. The van der Waals surface area contributed by atoms with Gasteiger partial charge in [-0.05, 0) is 43.2 Å². The summed E-state index contributed by atoms with van der Waals surface area (Å²) in [6.45, 7) is 3.68. The van der Waals surface area contributed by atoms with Gasteiger partial charge in [-0.2, -0.15) is 0 Å². The van der Waals surface area contributed by atoms with Crippen LogP contribution in [0, 0.1) is 13.8 Å². The highest BCUT2D eigenvalue weighted by Gasteiger charge is 2.18. The van der Waals surface area contributed by atoms with Crippen LogP contribution in [0.2, 0.25) is 0 Å². The fourth-order valence-corrected chi connectivity index (χ4v) is 3.15. The van der Waals surface area contributed by atoms with E-state index in [4.69, 9.17) is 5.73 Å². The number of nitrogens with two attached hydrogens (primary N) is 1. The van der Waals surface area contributed by atoms with Crippen LogP contribution in [0.3, 0.4) is 0 Å². The lowest BCUT2D eigenvalue weighted by atomic mass is 10.1. The number of hydrogen-bond donors (Lipinski definition) is 2. The van der Waals surface area contributed by atoms with Crippen LogP contribution in [-0.4, -0.2) is 13.0 Å². The summed E-state index contributed by atoms with van der Waals surface area (Å²) in [6.07, 6.45) is 1.41. The summed E-state index contributed by atoms with van der Waals surface area (Å²) in [4.78, 5) is 11.3. The number of nitrogen functional groups attached to an aromatic ring is 1. The van der Waals surface area contributed by atoms with Crippen molar-refractivity contribution in [1.82, 2.24) is 4.57 Å². The Morgan fingerprint density at radius 3 is 2.38 bits per heavy atom. The van der Waals surface area contributed by atoms with Crippen molar-refractivity contribution in [3.63, 3.8) is 0 Å². The van der Waals surface area contributed by atoms with Gasteiger partial charge in [0.1, 0.15) is 4.90 Å². The summed E-state index contributed by atoms with van der Waals surface area (Å²) in [5, 5.41) is 0. The first-order chi connectivity index (χ1) is 9.70. The van der Waals surface area contributed by atoms with Crippen LogP contribution in [0.4, 0.5) is 11.4 Å². The smallest absolute Gasteiger partial charge is 0.264 e. The average Bonchev–Trinajstić information content (AvgIpc) is 2.37. The predicted molar refractivity (Wildman–Crippen MR) is 82.8 cm³/mol. The lowest BCUT2D eigenvalue weighted by Gasteiger charge is -2.12. The predicted octanol–water partition coefficient (Wildman–Crippen LogP) is 1.39. The fraction of sp³-hybridized carbons (Fsp3) is 0.214. The number of sulfonamides is 1. The lowest BCUT2D eigenvalue weighted by Crippen LogP contribution is -2.19. The summed E-state index contributed by atoms with van der Waals surface area (Å²) in [5.41, 5.74) is 7.84. The van der Waals surface area contributed by atoms with Crippen LogP contribution < -0.4 is 16.0 Å². The normalized spacial score (nSPS) is 11.4. The second-order valence-electron chi connectivity index (χ2n) is 4.95. The SMILES string of the molecule is Cc1cc(N)c(S(=O)(=O)Nc2ccc(=O)n(C)c2)cc1C. The molecule has 0 bridgehead atoms. The highest BCUT2D eigenvalue weighted by atomic mass is 32.2. The number of aromatic nitrogens is 1. The zero-order chi connectivity index (χ0) is 15.8. The van der Waals surface area contributed by atoms with Gasteiger partial charge in [0.25, 0.3) is 10.0 Å². The van der Waals surface area contributed by atoms with E-state index in [0.717, 1.165) is 11.1 Å². The van der Waals surface area contributed by atoms with Crippen molar-refractivity contribution in [2.75, 3.05) is 10.5 Å². The van der Waals surface area contributed by atoms with Crippen molar-refractivity contribution in [2.24, 2.45) is 7.05 Å². The van der Waals surface area contributed by atoms with Crippen LogP contribution in [0.5, 0.6) is 0 Å². The summed E-state index contributed by atoms with van der Waals surface area (Å²) < 4.78 is 28.5. The Morgan fingerprint density at radius 2 is 1.76 bits per heavy atom. The molecule has 0 atom stereocenters. The van der Waals surface area contributed by atoms with Crippen LogP contribution in [0.25, 0.3) is 0 Å². The van der Waals surface area contributed by atoms with Crippen LogP contribution in [-0.2, 0) is 17.1 Å². The minimum atomic E-state index is -3.80. The van der Waals surface area contributed by atoms with E-state index >= 15 is 0 Å². The maximum Gasteiger partial charge on any atom is 0.264 e. The van der Waals surface area contributed by atoms with Gasteiger partial charge in [0, 0.05) is 19.3 Å². The van der Waals surface area contributed by atoms with Crippen LogP contribution in [0.15, 0.2) is 40.2 Å². The van der Waals surface area contributed by atoms with Gasteiger partial charge in [0.2, 0.25) is 5.56 Å². The molecule has 0 amide bonds. The van der Waals surface area contributed by atoms with Crippen molar-refractivity contribution < 1.29 is 8.42 Å². The van der Waals surface area contributed by atoms with Gasteiger partial charge >= 0.3 is 0 Å². The molecular formula is C14H17N3O3S. The molecule has 6 nitrogen and oxygen atoms in total. The molecule has 112 valence electrons. The average molecular weight is 307 g/mol. The van der Waals surface area contributed by atoms with E-state index in [0.29, 0.717) is 5.69 Å². The molecule has 7 heteroatoms. The van der Waals surface area contributed by atoms with E-state index in [1.165, 1.54) is 29.0 Å².